The maximum absolute atomic E-state index is 14.3. The molecule has 2 aromatic carbocycles. The minimum atomic E-state index is -3.93. The Morgan fingerprint density at radius 2 is 2.00 bits per heavy atom. The van der Waals surface area contributed by atoms with E-state index in [2.05, 4.69) is 4.98 Å². The molecule has 4 aromatic rings. The summed E-state index contributed by atoms with van der Waals surface area (Å²) in [5.41, 5.74) is 0.164. The molecule has 1 aliphatic rings. The second-order valence-corrected chi connectivity index (χ2v) is 11.2. The Bertz CT molecular complexity index is 1440. The fraction of sp³-hybridized carbons (Fsp3) is 0.217. The minimum absolute atomic E-state index is 0.0403. The van der Waals surface area contributed by atoms with Crippen molar-refractivity contribution < 1.29 is 22.0 Å². The van der Waals surface area contributed by atoms with Gasteiger partial charge in [-0.25, -0.2) is 17.8 Å². The van der Waals surface area contributed by atoms with Crippen LogP contribution in [0.3, 0.4) is 0 Å². The lowest BCUT2D eigenvalue weighted by Crippen LogP contribution is -2.47. The van der Waals surface area contributed by atoms with E-state index in [9.17, 15) is 17.6 Å². The highest BCUT2D eigenvalue weighted by Gasteiger charge is 2.42. The quantitative estimate of drug-likeness (QED) is 0.355. The average Bonchev–Trinajstić information content (AvgIpc) is 3.58. The molecular weight excluding hydrogens is 501 g/mol. The summed E-state index contributed by atoms with van der Waals surface area (Å²) in [7, 11) is -3.93. The summed E-state index contributed by atoms with van der Waals surface area (Å²) < 4.78 is 48.3. The van der Waals surface area contributed by atoms with Crippen LogP contribution >= 0.6 is 22.9 Å². The van der Waals surface area contributed by atoms with Gasteiger partial charge in [0.1, 0.15) is 23.1 Å². The van der Waals surface area contributed by atoms with Gasteiger partial charge in [0.25, 0.3) is 0 Å². The molecule has 0 spiro atoms. The van der Waals surface area contributed by atoms with E-state index in [1.165, 1.54) is 45.8 Å². The zero-order chi connectivity index (χ0) is 23.9. The number of fused-ring (bicyclic) bond motifs is 1. The third-order valence-corrected chi connectivity index (χ3v) is 8.88. The van der Waals surface area contributed by atoms with Crippen LogP contribution in [0.15, 0.2) is 70.2 Å². The number of amides is 1. The van der Waals surface area contributed by atoms with Crippen molar-refractivity contribution in [2.75, 3.05) is 11.4 Å². The van der Waals surface area contributed by atoms with Gasteiger partial charge in [-0.05, 0) is 61.4 Å². The van der Waals surface area contributed by atoms with Gasteiger partial charge in [0, 0.05) is 11.6 Å². The molecule has 3 heterocycles. The number of sulfonamides is 1. The first kappa shape index (κ1) is 23.0. The van der Waals surface area contributed by atoms with Crippen LogP contribution in [0.2, 0.25) is 5.02 Å². The Kier molecular flexibility index (Phi) is 6.15. The number of hydrogen-bond donors (Lipinski definition) is 0. The summed E-state index contributed by atoms with van der Waals surface area (Å²) in [6.45, 7) is 0.253. The molecule has 34 heavy (non-hydrogen) atoms. The lowest BCUT2D eigenvalue weighted by molar-refractivity contribution is -0.121. The summed E-state index contributed by atoms with van der Waals surface area (Å²) in [6.07, 6.45) is 2.38. The molecule has 7 nitrogen and oxygen atoms in total. The van der Waals surface area contributed by atoms with Crippen molar-refractivity contribution in [1.29, 1.82) is 0 Å². The molecule has 1 unspecified atom stereocenters. The van der Waals surface area contributed by atoms with E-state index in [1.54, 1.807) is 24.3 Å². The Morgan fingerprint density at radius 1 is 1.21 bits per heavy atom. The van der Waals surface area contributed by atoms with E-state index < -0.39 is 27.8 Å². The number of carbonyl (C=O) groups excluding carboxylic acids is 1. The highest BCUT2D eigenvalue weighted by molar-refractivity contribution is 7.89. The summed E-state index contributed by atoms with van der Waals surface area (Å²) in [5, 5.41) is 0.693. The topological polar surface area (TPSA) is 83.7 Å². The zero-order valence-corrected chi connectivity index (χ0v) is 20.1. The second kappa shape index (κ2) is 9.10. The molecule has 0 aliphatic carbocycles. The van der Waals surface area contributed by atoms with Gasteiger partial charge in [0.15, 0.2) is 5.13 Å². The molecule has 1 atom stereocenters. The molecule has 176 valence electrons. The van der Waals surface area contributed by atoms with Gasteiger partial charge in [0.2, 0.25) is 15.9 Å². The normalized spacial score (nSPS) is 16.8. The van der Waals surface area contributed by atoms with Gasteiger partial charge in [-0.3, -0.25) is 9.69 Å². The fourth-order valence-corrected chi connectivity index (χ4v) is 6.77. The Labute approximate surface area is 204 Å². The first-order valence-electron chi connectivity index (χ1n) is 10.5. The van der Waals surface area contributed by atoms with Crippen LogP contribution in [0.1, 0.15) is 18.6 Å². The summed E-state index contributed by atoms with van der Waals surface area (Å²) >= 11 is 7.08. The van der Waals surface area contributed by atoms with Crippen LogP contribution in [-0.2, 0) is 21.4 Å². The van der Waals surface area contributed by atoms with Gasteiger partial charge in [-0.15, -0.1) is 0 Å². The van der Waals surface area contributed by atoms with Crippen molar-refractivity contribution in [2.45, 2.75) is 30.3 Å². The number of halogens is 2. The number of nitrogens with zero attached hydrogens (tertiary/aromatic N) is 3. The predicted octanol–water partition coefficient (Wildman–Crippen LogP) is 5.07. The molecule has 0 bridgehead atoms. The molecule has 0 N–H and O–H groups in total. The van der Waals surface area contributed by atoms with Crippen LogP contribution in [0.5, 0.6) is 0 Å². The van der Waals surface area contributed by atoms with Crippen LogP contribution in [-0.4, -0.2) is 36.2 Å². The van der Waals surface area contributed by atoms with Crippen LogP contribution in [0.4, 0.5) is 9.52 Å². The first-order valence-corrected chi connectivity index (χ1v) is 13.1. The molecule has 0 radical (unpaired) electrons. The molecule has 5 rings (SSSR count). The number of thiazole rings is 1. The highest BCUT2D eigenvalue weighted by atomic mass is 35.5. The molecule has 1 saturated heterocycles. The monoisotopic (exact) mass is 519 g/mol. The number of benzene rings is 2. The van der Waals surface area contributed by atoms with E-state index in [1.807, 2.05) is 0 Å². The second-order valence-electron chi connectivity index (χ2n) is 7.81. The smallest absolute Gasteiger partial charge is 0.247 e. The molecule has 1 fully saturated rings. The Morgan fingerprint density at radius 3 is 2.71 bits per heavy atom. The van der Waals surface area contributed by atoms with E-state index in [-0.39, 0.29) is 28.6 Å². The van der Waals surface area contributed by atoms with Crippen molar-refractivity contribution in [1.82, 2.24) is 9.29 Å². The van der Waals surface area contributed by atoms with Crippen molar-refractivity contribution in [3.63, 3.8) is 0 Å². The molecule has 1 aliphatic heterocycles. The Balaban J connectivity index is 1.52. The molecule has 2 aromatic heterocycles. The number of carbonyl (C=O) groups is 1. The maximum atomic E-state index is 14.3. The largest absolute Gasteiger partial charge is 0.467 e. The van der Waals surface area contributed by atoms with Gasteiger partial charge >= 0.3 is 0 Å². The lowest BCUT2D eigenvalue weighted by atomic mass is 10.2. The predicted molar refractivity (Wildman–Crippen MR) is 128 cm³/mol. The van der Waals surface area contributed by atoms with Crippen molar-refractivity contribution in [3.8, 4) is 0 Å². The average molecular weight is 520 g/mol. The van der Waals surface area contributed by atoms with E-state index >= 15 is 0 Å². The number of hydrogen-bond acceptors (Lipinski definition) is 6. The van der Waals surface area contributed by atoms with Gasteiger partial charge < -0.3 is 4.42 Å². The van der Waals surface area contributed by atoms with E-state index in [4.69, 9.17) is 16.0 Å². The maximum Gasteiger partial charge on any atom is 0.247 e. The number of rotatable bonds is 6. The SMILES string of the molecule is O=C(C1CCCN1S(=O)(=O)c1ccc(Cl)cc1)N(Cc1ccco1)c1nc2c(F)cccc2s1. The van der Waals surface area contributed by atoms with Crippen LogP contribution in [0, 0.1) is 5.82 Å². The molecular formula is C23H19ClFN3O4S2. The molecule has 11 heteroatoms. The number of anilines is 1. The highest BCUT2D eigenvalue weighted by Crippen LogP contribution is 2.34. The van der Waals surface area contributed by atoms with Gasteiger partial charge in [-0.1, -0.05) is 29.0 Å². The lowest BCUT2D eigenvalue weighted by Gasteiger charge is -2.28. The van der Waals surface area contributed by atoms with Crippen molar-refractivity contribution in [3.05, 3.63) is 77.5 Å². The van der Waals surface area contributed by atoms with E-state index in [0.29, 0.717) is 28.3 Å². The number of para-hydroxylation sites is 1. The summed E-state index contributed by atoms with van der Waals surface area (Å²) in [5.74, 6) is -0.428. The Hall–Kier alpha value is -2.79. The van der Waals surface area contributed by atoms with E-state index in [0.717, 1.165) is 11.3 Å². The van der Waals surface area contributed by atoms with Crippen molar-refractivity contribution >= 4 is 54.2 Å². The standard InChI is InChI=1S/C23H19ClFN3O4S2/c24-15-8-10-17(11-9-15)34(30,31)28-12-2-6-19(28)22(29)27(14-16-4-3-13-32-16)23-26-21-18(25)5-1-7-20(21)33-23/h1,3-5,7-11,13,19H,2,6,12,14H2. The first-order chi connectivity index (χ1) is 16.3. The minimum Gasteiger partial charge on any atom is -0.467 e. The summed E-state index contributed by atoms with van der Waals surface area (Å²) in [4.78, 5) is 19.6. The van der Waals surface area contributed by atoms with Gasteiger partial charge in [-0.2, -0.15) is 4.31 Å². The number of aromatic nitrogens is 1. The van der Waals surface area contributed by atoms with Gasteiger partial charge in [0.05, 0.1) is 22.4 Å². The molecule has 0 saturated carbocycles. The molecule has 1 amide bonds. The summed E-state index contributed by atoms with van der Waals surface area (Å²) in [6, 6.07) is 12.9. The number of furan rings is 1. The zero-order valence-electron chi connectivity index (χ0n) is 17.7. The van der Waals surface area contributed by atoms with Crippen molar-refractivity contribution in [2.24, 2.45) is 0 Å². The third kappa shape index (κ3) is 4.22. The van der Waals surface area contributed by atoms with Crippen LogP contribution in [0.25, 0.3) is 10.2 Å². The fourth-order valence-electron chi connectivity index (χ4n) is 4.01. The van der Waals surface area contributed by atoms with Crippen LogP contribution < -0.4 is 4.90 Å². The third-order valence-electron chi connectivity index (χ3n) is 5.66.